The number of Topliss-reactive ketones (excluding diaryl/α,β-unsaturated/α-hetero) is 1. The van der Waals surface area contributed by atoms with Crippen LogP contribution in [0.1, 0.15) is 33.7 Å². The third kappa shape index (κ3) is 4.13. The van der Waals surface area contributed by atoms with Gasteiger partial charge in [0.25, 0.3) is 0 Å². The molecule has 0 bridgehead atoms. The standard InChI is InChI=1S/C18H17F5N2OS/c1-12-8-9-25-17(10-12)24-13(2)18(25)16(26)7-6-14-4-3-5-15(11-14)27(19,20,21,22)23/h3-5,8-11H,6-7H2,1-2H3. The maximum absolute atomic E-state index is 12.9. The van der Waals surface area contributed by atoms with Crippen LogP contribution in [0.25, 0.3) is 5.65 Å². The summed E-state index contributed by atoms with van der Waals surface area (Å²) in [5.74, 6) is -0.318. The van der Waals surface area contributed by atoms with E-state index in [1.165, 1.54) is 6.07 Å². The van der Waals surface area contributed by atoms with Crippen molar-refractivity contribution < 1.29 is 24.2 Å². The lowest BCUT2D eigenvalue weighted by atomic mass is 10.1. The fourth-order valence-electron chi connectivity index (χ4n) is 2.92. The SMILES string of the molecule is Cc1ccn2c(C(=O)CCc3cccc(S(F)(F)(F)(F)F)c3)c(C)nc2c1. The molecule has 3 rings (SSSR count). The van der Waals surface area contributed by atoms with Crippen molar-refractivity contribution in [3.8, 4) is 0 Å². The van der Waals surface area contributed by atoms with Gasteiger partial charge in [0.2, 0.25) is 0 Å². The number of aryl methyl sites for hydroxylation is 3. The average molecular weight is 404 g/mol. The van der Waals surface area contributed by atoms with Gasteiger partial charge in [0.15, 0.2) is 5.78 Å². The molecular weight excluding hydrogens is 387 g/mol. The van der Waals surface area contributed by atoms with E-state index < -0.39 is 15.1 Å². The Balaban J connectivity index is 1.85. The van der Waals surface area contributed by atoms with E-state index in [0.717, 1.165) is 11.6 Å². The van der Waals surface area contributed by atoms with E-state index in [9.17, 15) is 24.2 Å². The van der Waals surface area contributed by atoms with Gasteiger partial charge in [-0.25, -0.2) is 4.98 Å². The third-order valence-electron chi connectivity index (χ3n) is 4.20. The highest BCUT2D eigenvalue weighted by Crippen LogP contribution is 3.02. The molecule has 0 unspecified atom stereocenters. The zero-order valence-electron chi connectivity index (χ0n) is 14.6. The summed E-state index contributed by atoms with van der Waals surface area (Å²) in [5.41, 5.74) is 2.44. The number of carbonyl (C=O) groups excluding carboxylic acids is 1. The molecule has 0 atom stereocenters. The van der Waals surface area contributed by atoms with Gasteiger partial charge in [-0.05, 0) is 55.7 Å². The van der Waals surface area contributed by atoms with Gasteiger partial charge in [0, 0.05) is 12.6 Å². The summed E-state index contributed by atoms with van der Waals surface area (Å²) in [6, 6.07) is 6.61. The van der Waals surface area contributed by atoms with E-state index in [1.807, 2.05) is 19.1 Å². The molecule has 0 aliphatic heterocycles. The van der Waals surface area contributed by atoms with Gasteiger partial charge >= 0.3 is 10.2 Å². The lowest BCUT2D eigenvalue weighted by Gasteiger charge is -2.40. The Morgan fingerprint density at radius 1 is 1.07 bits per heavy atom. The third-order valence-corrected chi connectivity index (χ3v) is 5.35. The number of fused-ring (bicyclic) bond motifs is 1. The van der Waals surface area contributed by atoms with Gasteiger partial charge in [-0.3, -0.25) is 9.20 Å². The Hall–Kier alpha value is -2.42. The number of rotatable bonds is 5. The largest absolute Gasteiger partial charge is 0.310 e. The van der Waals surface area contributed by atoms with E-state index in [2.05, 4.69) is 4.98 Å². The smallest absolute Gasteiger partial charge is 0.297 e. The van der Waals surface area contributed by atoms with Crippen LogP contribution in [0.4, 0.5) is 19.4 Å². The summed E-state index contributed by atoms with van der Waals surface area (Å²) in [6.45, 7) is 3.56. The first-order chi connectivity index (χ1) is 12.2. The fraction of sp³-hybridized carbons (Fsp3) is 0.222. The summed E-state index contributed by atoms with van der Waals surface area (Å²) < 4.78 is 66.3. The average Bonchev–Trinajstić information content (AvgIpc) is 2.85. The number of carbonyl (C=O) groups is 1. The predicted octanol–water partition coefficient (Wildman–Crippen LogP) is 6.42. The van der Waals surface area contributed by atoms with Crippen molar-refractivity contribution in [3.63, 3.8) is 0 Å². The highest BCUT2D eigenvalue weighted by molar-refractivity contribution is 8.45. The number of imidazole rings is 1. The number of hydrogen-bond acceptors (Lipinski definition) is 2. The lowest BCUT2D eigenvalue weighted by molar-refractivity contribution is 0.0976. The Kier molecular flexibility index (Phi) is 3.97. The van der Waals surface area contributed by atoms with Crippen molar-refractivity contribution in [1.29, 1.82) is 0 Å². The van der Waals surface area contributed by atoms with Crippen LogP contribution in [-0.2, 0) is 6.42 Å². The van der Waals surface area contributed by atoms with Crippen LogP contribution in [0.5, 0.6) is 0 Å². The van der Waals surface area contributed by atoms with Gasteiger partial charge < -0.3 is 0 Å². The molecule has 27 heavy (non-hydrogen) atoms. The Morgan fingerprint density at radius 3 is 2.44 bits per heavy atom. The molecule has 0 N–H and O–H groups in total. The number of hydrogen-bond donors (Lipinski definition) is 0. The number of nitrogens with zero attached hydrogens (tertiary/aromatic N) is 2. The Labute approximate surface area is 152 Å². The van der Waals surface area contributed by atoms with Gasteiger partial charge in [0.05, 0.1) is 5.69 Å². The molecule has 3 aromatic rings. The van der Waals surface area contributed by atoms with Gasteiger partial charge in [-0.2, -0.15) is 0 Å². The number of aromatic nitrogens is 2. The predicted molar refractivity (Wildman–Crippen MR) is 95.2 cm³/mol. The molecule has 2 heterocycles. The summed E-state index contributed by atoms with van der Waals surface area (Å²) in [5, 5.41) is 0. The maximum Gasteiger partial charge on any atom is 0.310 e. The number of ketones is 1. The second kappa shape index (κ2) is 5.54. The Morgan fingerprint density at radius 2 is 1.78 bits per heavy atom. The highest BCUT2D eigenvalue weighted by Gasteiger charge is 2.65. The van der Waals surface area contributed by atoms with Crippen LogP contribution in [0.3, 0.4) is 0 Å². The van der Waals surface area contributed by atoms with E-state index >= 15 is 0 Å². The van der Waals surface area contributed by atoms with Crippen molar-refractivity contribution in [3.05, 3.63) is 65.1 Å². The maximum atomic E-state index is 12.9. The fourth-order valence-corrected chi connectivity index (χ4v) is 3.63. The van der Waals surface area contributed by atoms with Crippen LogP contribution < -0.4 is 0 Å². The molecule has 3 nitrogen and oxygen atoms in total. The quantitative estimate of drug-likeness (QED) is 0.363. The van der Waals surface area contributed by atoms with Gasteiger partial charge in [-0.15, -0.1) is 0 Å². The van der Waals surface area contributed by atoms with Crippen molar-refractivity contribution in [2.45, 2.75) is 31.6 Å². The van der Waals surface area contributed by atoms with E-state index in [4.69, 9.17) is 0 Å². The molecule has 0 saturated heterocycles. The molecule has 0 aliphatic rings. The number of pyridine rings is 1. The molecule has 146 valence electrons. The molecule has 0 aliphatic carbocycles. The molecular formula is C18H17F5N2OS. The highest BCUT2D eigenvalue weighted by atomic mass is 32.5. The minimum Gasteiger partial charge on any atom is -0.297 e. The molecule has 0 amide bonds. The first-order valence-electron chi connectivity index (χ1n) is 8.06. The number of halogens is 5. The summed E-state index contributed by atoms with van der Waals surface area (Å²) in [6.07, 6.45) is 1.50. The molecule has 2 aromatic heterocycles. The zero-order chi connectivity index (χ0) is 20.1. The summed E-state index contributed by atoms with van der Waals surface area (Å²) >= 11 is 0. The van der Waals surface area contributed by atoms with E-state index in [-0.39, 0.29) is 24.2 Å². The molecule has 0 spiro atoms. The molecule has 1 aromatic carbocycles. The van der Waals surface area contributed by atoms with Crippen LogP contribution in [-0.4, -0.2) is 15.2 Å². The van der Waals surface area contributed by atoms with Crippen molar-refractivity contribution in [1.82, 2.24) is 9.38 Å². The van der Waals surface area contributed by atoms with Gasteiger partial charge in [-0.1, -0.05) is 31.6 Å². The monoisotopic (exact) mass is 404 g/mol. The van der Waals surface area contributed by atoms with Crippen molar-refractivity contribution >= 4 is 21.7 Å². The van der Waals surface area contributed by atoms with Gasteiger partial charge in [0.1, 0.15) is 16.2 Å². The molecule has 0 saturated carbocycles. The Bertz CT molecular complexity index is 1060. The normalized spacial score (nSPS) is 14.8. The second-order valence-electron chi connectivity index (χ2n) is 6.52. The molecule has 0 radical (unpaired) electrons. The van der Waals surface area contributed by atoms with Crippen LogP contribution in [0.15, 0.2) is 47.5 Å². The van der Waals surface area contributed by atoms with Crippen molar-refractivity contribution in [2.75, 3.05) is 0 Å². The van der Waals surface area contributed by atoms with Crippen LogP contribution in [0, 0.1) is 13.8 Å². The topological polar surface area (TPSA) is 34.4 Å². The van der Waals surface area contributed by atoms with E-state index in [0.29, 0.717) is 29.2 Å². The minimum absolute atomic E-state index is 0.0245. The van der Waals surface area contributed by atoms with Crippen LogP contribution >= 0.6 is 10.2 Å². The minimum atomic E-state index is -9.73. The first-order valence-corrected chi connectivity index (χ1v) is 10.0. The lowest BCUT2D eigenvalue weighted by Crippen LogP contribution is -2.08. The molecule has 0 fully saturated rings. The van der Waals surface area contributed by atoms with Crippen molar-refractivity contribution in [2.24, 2.45) is 0 Å². The second-order valence-corrected chi connectivity index (χ2v) is 8.93. The first kappa shape index (κ1) is 19.3. The number of benzene rings is 1. The summed E-state index contributed by atoms with van der Waals surface area (Å²) in [7, 11) is -9.73. The van der Waals surface area contributed by atoms with E-state index in [1.54, 1.807) is 17.5 Å². The molecule has 9 heteroatoms. The zero-order valence-corrected chi connectivity index (χ0v) is 15.4. The summed E-state index contributed by atoms with van der Waals surface area (Å²) in [4.78, 5) is 15.0. The van der Waals surface area contributed by atoms with Crippen LogP contribution in [0.2, 0.25) is 0 Å².